The maximum absolute atomic E-state index is 11.7. The van der Waals surface area contributed by atoms with Crippen molar-refractivity contribution in [2.75, 3.05) is 20.1 Å². The van der Waals surface area contributed by atoms with Crippen LogP contribution in [0.15, 0.2) is 0 Å². The number of nitrogens with zero attached hydrogens (tertiary/aromatic N) is 1. The molecule has 1 rings (SSSR count). The second-order valence-electron chi connectivity index (χ2n) is 4.61. The predicted octanol–water partition coefficient (Wildman–Crippen LogP) is 0.714. The minimum atomic E-state index is -0.0587. The number of likely N-dealkylation sites (N-methyl/N-ethyl adjacent to an activating group) is 1. The van der Waals surface area contributed by atoms with Crippen LogP contribution in [0.5, 0.6) is 0 Å². The first-order valence-electron chi connectivity index (χ1n) is 6.38. The average molecular weight is 227 g/mol. The zero-order chi connectivity index (χ0) is 12.0. The molecule has 0 bridgehead atoms. The SMILES string of the molecule is CNC(=O)C(C)N(CCN)C1CCCCC1. The minimum absolute atomic E-state index is 0.0587. The topological polar surface area (TPSA) is 58.4 Å². The van der Waals surface area contributed by atoms with Crippen molar-refractivity contribution in [3.63, 3.8) is 0 Å². The Labute approximate surface area is 98.6 Å². The molecule has 4 nitrogen and oxygen atoms in total. The number of rotatable bonds is 5. The Kier molecular flexibility index (Phi) is 5.77. The normalized spacial score (nSPS) is 19.8. The number of hydrogen-bond acceptors (Lipinski definition) is 3. The monoisotopic (exact) mass is 227 g/mol. The summed E-state index contributed by atoms with van der Waals surface area (Å²) in [6.45, 7) is 3.42. The highest BCUT2D eigenvalue weighted by molar-refractivity contribution is 5.81. The smallest absolute Gasteiger partial charge is 0.236 e. The van der Waals surface area contributed by atoms with Crippen LogP contribution in [0.3, 0.4) is 0 Å². The van der Waals surface area contributed by atoms with Gasteiger partial charge in [-0.25, -0.2) is 0 Å². The van der Waals surface area contributed by atoms with Gasteiger partial charge in [-0.2, -0.15) is 0 Å². The molecular weight excluding hydrogens is 202 g/mol. The molecule has 0 heterocycles. The van der Waals surface area contributed by atoms with E-state index in [0.29, 0.717) is 12.6 Å². The highest BCUT2D eigenvalue weighted by Gasteiger charge is 2.27. The molecule has 0 saturated heterocycles. The molecule has 1 saturated carbocycles. The highest BCUT2D eigenvalue weighted by Crippen LogP contribution is 2.23. The van der Waals surface area contributed by atoms with E-state index < -0.39 is 0 Å². The van der Waals surface area contributed by atoms with E-state index in [0.717, 1.165) is 6.54 Å². The van der Waals surface area contributed by atoms with Crippen LogP contribution in [-0.4, -0.2) is 43.0 Å². The van der Waals surface area contributed by atoms with Crippen LogP contribution in [0, 0.1) is 0 Å². The maximum atomic E-state index is 11.7. The molecule has 1 aliphatic carbocycles. The second-order valence-corrected chi connectivity index (χ2v) is 4.61. The lowest BCUT2D eigenvalue weighted by Gasteiger charge is -2.37. The molecule has 0 aromatic heterocycles. The lowest BCUT2D eigenvalue weighted by Crippen LogP contribution is -2.51. The van der Waals surface area contributed by atoms with Gasteiger partial charge < -0.3 is 11.1 Å². The lowest BCUT2D eigenvalue weighted by molar-refractivity contribution is -0.126. The molecule has 1 fully saturated rings. The van der Waals surface area contributed by atoms with Gasteiger partial charge in [-0.05, 0) is 19.8 Å². The van der Waals surface area contributed by atoms with Crippen molar-refractivity contribution in [2.45, 2.75) is 51.1 Å². The Morgan fingerprint density at radius 2 is 2.06 bits per heavy atom. The van der Waals surface area contributed by atoms with Crippen molar-refractivity contribution >= 4 is 5.91 Å². The third-order valence-electron chi connectivity index (χ3n) is 3.55. The minimum Gasteiger partial charge on any atom is -0.358 e. The summed E-state index contributed by atoms with van der Waals surface area (Å²) in [5, 5.41) is 2.72. The first kappa shape index (κ1) is 13.5. The van der Waals surface area contributed by atoms with Gasteiger partial charge in [0.1, 0.15) is 0 Å². The Balaban J connectivity index is 2.60. The molecule has 0 radical (unpaired) electrons. The number of nitrogens with one attached hydrogen (secondary N) is 1. The van der Waals surface area contributed by atoms with Crippen molar-refractivity contribution in [2.24, 2.45) is 5.73 Å². The maximum Gasteiger partial charge on any atom is 0.236 e. The van der Waals surface area contributed by atoms with Crippen LogP contribution in [0.25, 0.3) is 0 Å². The number of amides is 1. The van der Waals surface area contributed by atoms with E-state index in [9.17, 15) is 4.79 Å². The van der Waals surface area contributed by atoms with Gasteiger partial charge in [-0.15, -0.1) is 0 Å². The molecule has 94 valence electrons. The van der Waals surface area contributed by atoms with E-state index in [2.05, 4.69) is 10.2 Å². The Morgan fingerprint density at radius 1 is 1.44 bits per heavy atom. The average Bonchev–Trinajstić information content (AvgIpc) is 2.35. The summed E-state index contributed by atoms with van der Waals surface area (Å²) in [5.41, 5.74) is 5.64. The van der Waals surface area contributed by atoms with Crippen LogP contribution in [-0.2, 0) is 4.79 Å². The van der Waals surface area contributed by atoms with E-state index in [1.807, 2.05) is 6.92 Å². The van der Waals surface area contributed by atoms with Crippen LogP contribution < -0.4 is 11.1 Å². The number of hydrogen-bond donors (Lipinski definition) is 2. The van der Waals surface area contributed by atoms with E-state index in [4.69, 9.17) is 5.73 Å². The van der Waals surface area contributed by atoms with Crippen LogP contribution >= 0.6 is 0 Å². The quantitative estimate of drug-likeness (QED) is 0.727. The molecule has 0 aliphatic heterocycles. The number of carbonyl (C=O) groups is 1. The van der Waals surface area contributed by atoms with Crippen LogP contribution in [0.2, 0.25) is 0 Å². The first-order chi connectivity index (χ1) is 7.70. The second kappa shape index (κ2) is 6.86. The van der Waals surface area contributed by atoms with Crippen molar-refractivity contribution in [3.8, 4) is 0 Å². The zero-order valence-corrected chi connectivity index (χ0v) is 10.5. The third kappa shape index (κ3) is 3.46. The summed E-state index contributed by atoms with van der Waals surface area (Å²) in [7, 11) is 1.69. The van der Waals surface area contributed by atoms with E-state index in [1.54, 1.807) is 7.05 Å². The summed E-state index contributed by atoms with van der Waals surface area (Å²) < 4.78 is 0. The molecule has 3 N–H and O–H groups in total. The summed E-state index contributed by atoms with van der Waals surface area (Å²) >= 11 is 0. The molecule has 0 aromatic carbocycles. The van der Waals surface area contributed by atoms with Crippen LogP contribution in [0.1, 0.15) is 39.0 Å². The van der Waals surface area contributed by atoms with Gasteiger partial charge in [0.15, 0.2) is 0 Å². The van der Waals surface area contributed by atoms with Crippen molar-refractivity contribution < 1.29 is 4.79 Å². The largest absolute Gasteiger partial charge is 0.358 e. The van der Waals surface area contributed by atoms with E-state index in [1.165, 1.54) is 32.1 Å². The fourth-order valence-corrected chi connectivity index (χ4v) is 2.61. The van der Waals surface area contributed by atoms with Gasteiger partial charge in [0.05, 0.1) is 6.04 Å². The van der Waals surface area contributed by atoms with Crippen molar-refractivity contribution in [1.82, 2.24) is 10.2 Å². The Morgan fingerprint density at radius 3 is 2.56 bits per heavy atom. The first-order valence-corrected chi connectivity index (χ1v) is 6.38. The van der Waals surface area contributed by atoms with E-state index >= 15 is 0 Å². The van der Waals surface area contributed by atoms with Crippen LogP contribution in [0.4, 0.5) is 0 Å². The molecule has 1 amide bonds. The standard InChI is InChI=1S/C12H25N3O/c1-10(12(16)14-2)15(9-8-13)11-6-4-3-5-7-11/h10-11H,3-9,13H2,1-2H3,(H,14,16). The molecule has 1 aliphatic rings. The molecule has 0 spiro atoms. The molecule has 4 heteroatoms. The predicted molar refractivity (Wildman–Crippen MR) is 66.2 cm³/mol. The highest BCUT2D eigenvalue weighted by atomic mass is 16.2. The summed E-state index contributed by atoms with van der Waals surface area (Å²) in [6, 6.07) is 0.487. The summed E-state index contributed by atoms with van der Waals surface area (Å²) in [4.78, 5) is 14.0. The fraction of sp³-hybridized carbons (Fsp3) is 0.917. The Bertz CT molecular complexity index is 214. The summed E-state index contributed by atoms with van der Waals surface area (Å²) in [5.74, 6) is 0.0963. The summed E-state index contributed by atoms with van der Waals surface area (Å²) in [6.07, 6.45) is 6.32. The number of nitrogens with two attached hydrogens (primary N) is 1. The van der Waals surface area contributed by atoms with E-state index in [-0.39, 0.29) is 11.9 Å². The molecular formula is C12H25N3O. The molecule has 1 atom stereocenters. The van der Waals surface area contributed by atoms with Gasteiger partial charge in [0.25, 0.3) is 0 Å². The van der Waals surface area contributed by atoms with Gasteiger partial charge in [-0.1, -0.05) is 19.3 Å². The van der Waals surface area contributed by atoms with Gasteiger partial charge in [0, 0.05) is 26.2 Å². The van der Waals surface area contributed by atoms with Gasteiger partial charge >= 0.3 is 0 Å². The van der Waals surface area contributed by atoms with Crippen molar-refractivity contribution in [3.05, 3.63) is 0 Å². The third-order valence-corrected chi connectivity index (χ3v) is 3.55. The molecule has 16 heavy (non-hydrogen) atoms. The van der Waals surface area contributed by atoms with Gasteiger partial charge in [-0.3, -0.25) is 9.69 Å². The van der Waals surface area contributed by atoms with Gasteiger partial charge in [0.2, 0.25) is 5.91 Å². The lowest BCUT2D eigenvalue weighted by atomic mass is 9.93. The molecule has 1 unspecified atom stereocenters. The molecule has 0 aromatic rings. The zero-order valence-electron chi connectivity index (χ0n) is 10.5. The number of carbonyl (C=O) groups excluding carboxylic acids is 1. The Hall–Kier alpha value is -0.610. The fourth-order valence-electron chi connectivity index (χ4n) is 2.61. The van der Waals surface area contributed by atoms with Crippen molar-refractivity contribution in [1.29, 1.82) is 0 Å².